The van der Waals surface area contributed by atoms with Crippen LogP contribution in [0.1, 0.15) is 10.4 Å². The van der Waals surface area contributed by atoms with Gasteiger partial charge in [-0.25, -0.2) is 4.39 Å². The van der Waals surface area contributed by atoms with Gasteiger partial charge in [0.25, 0.3) is 5.91 Å². The van der Waals surface area contributed by atoms with Gasteiger partial charge in [0.05, 0.1) is 18.1 Å². The molecule has 0 fully saturated rings. The Morgan fingerprint density at radius 2 is 2.00 bits per heavy atom. The number of nitrogens with one attached hydrogen (secondary N) is 1. The van der Waals surface area contributed by atoms with Crippen LogP contribution in [-0.4, -0.2) is 26.2 Å². The number of ether oxygens (including phenoxy) is 2. The van der Waals surface area contributed by atoms with Crippen molar-refractivity contribution in [1.82, 2.24) is 5.32 Å². The fourth-order valence-corrected chi connectivity index (χ4v) is 2.34. The summed E-state index contributed by atoms with van der Waals surface area (Å²) < 4.78 is 24.4. The van der Waals surface area contributed by atoms with Crippen molar-refractivity contribution in [2.45, 2.75) is 0 Å². The molecule has 22 heavy (non-hydrogen) atoms. The van der Waals surface area contributed by atoms with Crippen molar-refractivity contribution >= 4 is 21.8 Å². The Morgan fingerprint density at radius 3 is 2.68 bits per heavy atom. The highest BCUT2D eigenvalue weighted by atomic mass is 79.9. The van der Waals surface area contributed by atoms with Crippen LogP contribution in [0.5, 0.6) is 11.5 Å². The number of carbonyl (C=O) groups is 1. The minimum atomic E-state index is -0.423. The van der Waals surface area contributed by atoms with Crippen LogP contribution in [-0.2, 0) is 0 Å². The average molecular weight is 368 g/mol. The van der Waals surface area contributed by atoms with Crippen molar-refractivity contribution < 1.29 is 18.7 Å². The predicted octanol–water partition coefficient (Wildman–Crippen LogP) is 3.41. The molecule has 0 aromatic heterocycles. The Kier molecular flexibility index (Phi) is 5.77. The van der Waals surface area contributed by atoms with Crippen molar-refractivity contribution in [2.75, 3.05) is 20.3 Å². The largest absolute Gasteiger partial charge is 0.496 e. The van der Waals surface area contributed by atoms with Crippen LogP contribution in [0.2, 0.25) is 0 Å². The van der Waals surface area contributed by atoms with E-state index in [1.807, 2.05) is 0 Å². The second-order valence-corrected chi connectivity index (χ2v) is 5.24. The van der Waals surface area contributed by atoms with E-state index in [4.69, 9.17) is 9.47 Å². The highest BCUT2D eigenvalue weighted by molar-refractivity contribution is 9.10. The summed E-state index contributed by atoms with van der Waals surface area (Å²) in [6, 6.07) is 11.2. The molecule has 2 aromatic carbocycles. The number of para-hydroxylation sites is 1. The first-order valence-electron chi connectivity index (χ1n) is 6.61. The number of benzene rings is 2. The van der Waals surface area contributed by atoms with Crippen LogP contribution < -0.4 is 14.8 Å². The molecule has 0 bridgehead atoms. The van der Waals surface area contributed by atoms with Crippen molar-refractivity contribution in [3.05, 3.63) is 58.3 Å². The Bertz CT molecular complexity index is 664. The van der Waals surface area contributed by atoms with Gasteiger partial charge in [-0.15, -0.1) is 0 Å². The third kappa shape index (κ3) is 4.21. The van der Waals surface area contributed by atoms with E-state index in [-0.39, 0.29) is 24.8 Å². The van der Waals surface area contributed by atoms with Crippen molar-refractivity contribution in [2.24, 2.45) is 0 Å². The molecule has 0 aliphatic carbocycles. The third-order valence-electron chi connectivity index (χ3n) is 2.90. The average Bonchev–Trinajstić information content (AvgIpc) is 2.52. The minimum absolute atomic E-state index is 0.170. The molecule has 0 saturated heterocycles. The summed E-state index contributed by atoms with van der Waals surface area (Å²) in [5.74, 6) is 0.164. The second kappa shape index (κ2) is 7.79. The van der Waals surface area contributed by atoms with Crippen LogP contribution >= 0.6 is 15.9 Å². The van der Waals surface area contributed by atoms with Gasteiger partial charge in [-0.2, -0.15) is 0 Å². The van der Waals surface area contributed by atoms with E-state index in [2.05, 4.69) is 21.2 Å². The number of hydrogen-bond donors (Lipinski definition) is 1. The Hall–Kier alpha value is -2.08. The van der Waals surface area contributed by atoms with E-state index in [0.717, 1.165) is 0 Å². The van der Waals surface area contributed by atoms with Crippen LogP contribution in [0.15, 0.2) is 46.9 Å². The third-order valence-corrected chi connectivity index (χ3v) is 3.52. The quantitative estimate of drug-likeness (QED) is 0.795. The van der Waals surface area contributed by atoms with Gasteiger partial charge in [-0.3, -0.25) is 4.79 Å². The van der Waals surface area contributed by atoms with Gasteiger partial charge in [0.15, 0.2) is 11.6 Å². The fraction of sp³-hybridized carbons (Fsp3) is 0.188. The first-order chi connectivity index (χ1) is 10.6. The summed E-state index contributed by atoms with van der Waals surface area (Å²) in [6.45, 7) is 0.459. The van der Waals surface area contributed by atoms with E-state index >= 15 is 0 Å². The molecule has 0 radical (unpaired) electrons. The summed E-state index contributed by atoms with van der Waals surface area (Å²) in [7, 11) is 1.56. The highest BCUT2D eigenvalue weighted by Crippen LogP contribution is 2.25. The van der Waals surface area contributed by atoms with Gasteiger partial charge in [0.1, 0.15) is 12.4 Å². The van der Waals surface area contributed by atoms with Gasteiger partial charge >= 0.3 is 0 Å². The zero-order valence-corrected chi connectivity index (χ0v) is 13.5. The summed E-state index contributed by atoms with van der Waals surface area (Å²) in [6.07, 6.45) is 0. The molecule has 116 valence electrons. The van der Waals surface area contributed by atoms with Crippen molar-refractivity contribution in [1.29, 1.82) is 0 Å². The summed E-state index contributed by atoms with van der Waals surface area (Å²) in [4.78, 5) is 12.0. The Labute approximate surface area is 136 Å². The summed E-state index contributed by atoms with van der Waals surface area (Å²) >= 11 is 3.32. The maximum atomic E-state index is 13.3. The Morgan fingerprint density at radius 1 is 1.23 bits per heavy atom. The van der Waals surface area contributed by atoms with E-state index in [1.165, 1.54) is 12.1 Å². The lowest BCUT2D eigenvalue weighted by atomic mass is 10.2. The number of halogens is 2. The maximum absolute atomic E-state index is 13.3. The van der Waals surface area contributed by atoms with Crippen molar-refractivity contribution in [3.8, 4) is 11.5 Å². The van der Waals surface area contributed by atoms with Crippen LogP contribution in [0.4, 0.5) is 4.39 Å². The number of rotatable bonds is 6. The molecule has 0 atom stereocenters. The molecule has 1 N–H and O–H groups in total. The van der Waals surface area contributed by atoms with Crippen LogP contribution in [0.3, 0.4) is 0 Å². The molecular weight excluding hydrogens is 353 g/mol. The van der Waals surface area contributed by atoms with Gasteiger partial charge < -0.3 is 14.8 Å². The standard InChI is InChI=1S/C16H15BrFNO3/c1-21-14-7-6-11(10-12(14)17)16(20)19-8-9-22-15-5-3-2-4-13(15)18/h2-7,10H,8-9H2,1H3,(H,19,20). The normalized spacial score (nSPS) is 10.1. The molecule has 0 aliphatic heterocycles. The first kappa shape index (κ1) is 16.3. The molecular formula is C16H15BrFNO3. The zero-order chi connectivity index (χ0) is 15.9. The van der Waals surface area contributed by atoms with E-state index in [1.54, 1.807) is 37.4 Å². The Balaban J connectivity index is 1.83. The van der Waals surface area contributed by atoms with E-state index in [9.17, 15) is 9.18 Å². The number of methoxy groups -OCH3 is 1. The van der Waals surface area contributed by atoms with Crippen LogP contribution in [0, 0.1) is 5.82 Å². The SMILES string of the molecule is COc1ccc(C(=O)NCCOc2ccccc2F)cc1Br. The molecule has 1 amide bonds. The first-order valence-corrected chi connectivity index (χ1v) is 7.40. The summed E-state index contributed by atoms with van der Waals surface area (Å²) in [5, 5.41) is 2.71. The molecule has 0 saturated carbocycles. The smallest absolute Gasteiger partial charge is 0.251 e. The predicted molar refractivity (Wildman–Crippen MR) is 84.9 cm³/mol. The molecule has 0 unspecified atom stereocenters. The molecule has 4 nitrogen and oxygen atoms in total. The number of carbonyl (C=O) groups excluding carboxylic acids is 1. The highest BCUT2D eigenvalue weighted by Gasteiger charge is 2.08. The monoisotopic (exact) mass is 367 g/mol. The van der Waals surface area contributed by atoms with Crippen molar-refractivity contribution in [3.63, 3.8) is 0 Å². The van der Waals surface area contributed by atoms with Gasteiger partial charge in [-0.05, 0) is 46.3 Å². The van der Waals surface area contributed by atoms with Gasteiger partial charge in [-0.1, -0.05) is 12.1 Å². The number of hydrogen-bond acceptors (Lipinski definition) is 3. The second-order valence-electron chi connectivity index (χ2n) is 4.38. The topological polar surface area (TPSA) is 47.6 Å². The van der Waals surface area contributed by atoms with Gasteiger partial charge in [0.2, 0.25) is 0 Å². The lowest BCUT2D eigenvalue weighted by molar-refractivity contribution is 0.0946. The molecule has 0 spiro atoms. The number of amides is 1. The zero-order valence-electron chi connectivity index (χ0n) is 11.9. The maximum Gasteiger partial charge on any atom is 0.251 e. The van der Waals surface area contributed by atoms with Crippen LogP contribution in [0.25, 0.3) is 0 Å². The molecule has 0 aliphatic rings. The molecule has 0 heterocycles. The molecule has 6 heteroatoms. The van der Waals surface area contributed by atoms with E-state index in [0.29, 0.717) is 15.8 Å². The van der Waals surface area contributed by atoms with Gasteiger partial charge in [0, 0.05) is 5.56 Å². The van der Waals surface area contributed by atoms with E-state index < -0.39 is 5.82 Å². The molecule has 2 rings (SSSR count). The minimum Gasteiger partial charge on any atom is -0.496 e. The fourth-order valence-electron chi connectivity index (χ4n) is 1.80. The summed E-state index contributed by atoms with van der Waals surface area (Å²) in [5.41, 5.74) is 0.499. The molecule has 2 aromatic rings. The lowest BCUT2D eigenvalue weighted by Crippen LogP contribution is -2.28. The lowest BCUT2D eigenvalue weighted by Gasteiger charge is -2.09.